The first kappa shape index (κ1) is 65.8. The third-order valence-electron chi connectivity index (χ3n) is 12.6. The van der Waals surface area contributed by atoms with Gasteiger partial charge >= 0.3 is 5.97 Å². The minimum Gasteiger partial charge on any atom is -0.462 e. The second-order valence-corrected chi connectivity index (χ2v) is 19.3. The molecule has 396 valence electrons. The second kappa shape index (κ2) is 55.7. The van der Waals surface area contributed by atoms with E-state index in [1.807, 2.05) is 0 Å². The van der Waals surface area contributed by atoms with Crippen LogP contribution in [0, 0.1) is 0 Å². The van der Waals surface area contributed by atoms with E-state index in [2.05, 4.69) is 123 Å². The molecule has 6 nitrogen and oxygen atoms in total. The third-order valence-corrected chi connectivity index (χ3v) is 12.6. The lowest BCUT2D eigenvalue weighted by Gasteiger charge is -2.24. The van der Waals surface area contributed by atoms with Gasteiger partial charge in [0.05, 0.1) is 25.2 Å². The number of nitrogens with one attached hydrogen (secondary N) is 1. The van der Waals surface area contributed by atoms with Gasteiger partial charge in [0.15, 0.2) is 0 Å². The summed E-state index contributed by atoms with van der Waals surface area (Å²) in [6.07, 6.45) is 74.7. The molecule has 0 radical (unpaired) electrons. The summed E-state index contributed by atoms with van der Waals surface area (Å²) in [5.74, 6) is -0.566. The normalized spacial score (nSPS) is 13.9. The van der Waals surface area contributed by atoms with Gasteiger partial charge in [-0.15, -0.1) is 0 Å². The van der Waals surface area contributed by atoms with Crippen LogP contribution in [0.1, 0.15) is 265 Å². The molecule has 0 fully saturated rings. The fourth-order valence-electron chi connectivity index (χ4n) is 8.23. The smallest absolute Gasteiger partial charge is 0.306 e. The minimum absolute atomic E-state index is 0.0223. The molecule has 0 aromatic heterocycles. The van der Waals surface area contributed by atoms with E-state index in [0.717, 1.165) is 96.3 Å². The highest BCUT2D eigenvalue weighted by Gasteiger charge is 2.24. The molecule has 3 atom stereocenters. The van der Waals surface area contributed by atoms with Crippen molar-refractivity contribution in [3.63, 3.8) is 0 Å². The lowest BCUT2D eigenvalue weighted by Crippen LogP contribution is -2.46. The summed E-state index contributed by atoms with van der Waals surface area (Å²) in [7, 11) is 0. The van der Waals surface area contributed by atoms with Gasteiger partial charge in [0, 0.05) is 6.42 Å². The largest absolute Gasteiger partial charge is 0.462 e. The van der Waals surface area contributed by atoms with E-state index in [-0.39, 0.29) is 24.9 Å². The van der Waals surface area contributed by atoms with E-state index in [1.54, 1.807) is 0 Å². The van der Waals surface area contributed by atoms with Crippen LogP contribution < -0.4 is 5.32 Å². The van der Waals surface area contributed by atoms with Gasteiger partial charge < -0.3 is 20.3 Å². The van der Waals surface area contributed by atoms with E-state index in [0.29, 0.717) is 19.3 Å². The highest BCUT2D eigenvalue weighted by atomic mass is 16.5. The molecule has 3 N–H and O–H groups in total. The van der Waals surface area contributed by atoms with Crippen LogP contribution in [0.3, 0.4) is 0 Å². The average Bonchev–Trinajstić information content (AvgIpc) is 3.34. The minimum atomic E-state index is -0.814. The Morgan fingerprint density at radius 2 is 0.754 bits per heavy atom. The summed E-state index contributed by atoms with van der Waals surface area (Å²) in [5.41, 5.74) is 0. The number of aliphatic hydroxyl groups excluding tert-OH is 2. The standard InChI is InChI=1S/C63H109NO5/c1-4-7-10-13-16-19-22-25-28-30-31-33-35-38-41-44-47-50-53-56-63(68)69-59(54-51-48-45-42-39-36-34-32-29-26-23-20-17-14-11-8-5-2)57-62(67)64-60(58-65)61(66)55-52-49-46-43-40-37-27-24-21-18-15-12-9-6-3/h16-17,19-20,25-26,28-29,31,33-34,36,38,41-42,45,59-61,65-66H,4-15,18,21-24,27,30,32,35,37,39-40,43-44,46-58H2,1-3H3,(H,64,67)/b19-16-,20-17-,28-25-,29-26-,33-31-,36-34-,41-38-,45-42-. The monoisotopic (exact) mass is 960 g/mol. The number of hydrogen-bond donors (Lipinski definition) is 3. The van der Waals surface area contributed by atoms with Gasteiger partial charge in [-0.25, -0.2) is 0 Å². The summed E-state index contributed by atoms with van der Waals surface area (Å²) in [4.78, 5) is 26.3. The van der Waals surface area contributed by atoms with Gasteiger partial charge in [0.1, 0.15) is 6.10 Å². The van der Waals surface area contributed by atoms with Crippen LogP contribution in [0.15, 0.2) is 97.2 Å². The number of allylic oxidation sites excluding steroid dienone is 16. The fourth-order valence-corrected chi connectivity index (χ4v) is 8.23. The molecule has 0 aromatic rings. The zero-order valence-electron chi connectivity index (χ0n) is 45.2. The Kier molecular flexibility index (Phi) is 53.1. The Labute approximate surface area is 426 Å². The highest BCUT2D eigenvalue weighted by Crippen LogP contribution is 2.17. The highest BCUT2D eigenvalue weighted by molar-refractivity contribution is 5.77. The van der Waals surface area contributed by atoms with Crippen LogP contribution in [0.4, 0.5) is 0 Å². The van der Waals surface area contributed by atoms with Crippen LogP contribution in [0.25, 0.3) is 0 Å². The first-order chi connectivity index (χ1) is 34.0. The Hall–Kier alpha value is -3.22. The van der Waals surface area contributed by atoms with Gasteiger partial charge in [0.2, 0.25) is 5.91 Å². The maximum atomic E-state index is 13.3. The van der Waals surface area contributed by atoms with Crippen molar-refractivity contribution < 1.29 is 24.5 Å². The van der Waals surface area contributed by atoms with E-state index in [4.69, 9.17) is 4.74 Å². The van der Waals surface area contributed by atoms with Crippen molar-refractivity contribution >= 4 is 11.9 Å². The lowest BCUT2D eigenvalue weighted by atomic mass is 10.0. The Morgan fingerprint density at radius 1 is 0.420 bits per heavy atom. The Bertz CT molecular complexity index is 1350. The summed E-state index contributed by atoms with van der Waals surface area (Å²) >= 11 is 0. The van der Waals surface area contributed by atoms with Crippen LogP contribution in [0.2, 0.25) is 0 Å². The van der Waals surface area contributed by atoms with E-state index in [1.165, 1.54) is 122 Å². The molecule has 0 aromatic carbocycles. The number of carbonyl (C=O) groups is 2. The fraction of sp³-hybridized carbons (Fsp3) is 0.714. The molecular weight excluding hydrogens is 851 g/mol. The van der Waals surface area contributed by atoms with Crippen molar-refractivity contribution in [3.05, 3.63) is 97.2 Å². The number of esters is 1. The number of amides is 1. The molecule has 0 saturated heterocycles. The van der Waals surface area contributed by atoms with Crippen molar-refractivity contribution in [2.75, 3.05) is 6.61 Å². The molecular formula is C63H109NO5. The van der Waals surface area contributed by atoms with Gasteiger partial charge in [0.25, 0.3) is 0 Å². The maximum Gasteiger partial charge on any atom is 0.306 e. The predicted octanol–water partition coefficient (Wildman–Crippen LogP) is 18.1. The second-order valence-electron chi connectivity index (χ2n) is 19.3. The summed E-state index contributed by atoms with van der Waals surface area (Å²) < 4.78 is 5.92. The van der Waals surface area contributed by atoms with Gasteiger partial charge in [-0.2, -0.15) is 0 Å². The van der Waals surface area contributed by atoms with Crippen molar-refractivity contribution in [1.82, 2.24) is 5.32 Å². The molecule has 0 saturated carbocycles. The van der Waals surface area contributed by atoms with Gasteiger partial charge in [-0.3, -0.25) is 9.59 Å². The summed E-state index contributed by atoms with van der Waals surface area (Å²) in [6.45, 7) is 6.41. The van der Waals surface area contributed by atoms with Crippen molar-refractivity contribution in [1.29, 1.82) is 0 Å². The maximum absolute atomic E-state index is 13.3. The molecule has 1 amide bonds. The SMILES string of the molecule is CCCCC/C=C\C/C=C\C/C=C\C/C=C\CCCCCC(=O)OC(CCC/C=C\C/C=C\C/C=C\C/C=C\CCCCC)CC(=O)NC(CO)C(O)CCCCCCCCCCCCCCCC. The predicted molar refractivity (Wildman–Crippen MR) is 300 cm³/mol. The average molecular weight is 961 g/mol. The molecule has 0 aliphatic heterocycles. The van der Waals surface area contributed by atoms with Gasteiger partial charge in [-0.05, 0) is 109 Å². The quantitative estimate of drug-likeness (QED) is 0.0321. The number of aliphatic hydroxyl groups is 2. The van der Waals surface area contributed by atoms with Crippen molar-refractivity contribution in [2.24, 2.45) is 0 Å². The number of unbranched alkanes of at least 4 members (excludes halogenated alkanes) is 23. The van der Waals surface area contributed by atoms with E-state index in [9.17, 15) is 19.8 Å². The van der Waals surface area contributed by atoms with Gasteiger partial charge in [-0.1, -0.05) is 240 Å². The number of ether oxygens (including phenoxy) is 1. The molecule has 0 aliphatic carbocycles. The zero-order chi connectivity index (χ0) is 50.2. The van der Waals surface area contributed by atoms with Crippen molar-refractivity contribution in [2.45, 2.75) is 283 Å². The first-order valence-electron chi connectivity index (χ1n) is 29.0. The third kappa shape index (κ3) is 51.0. The van der Waals surface area contributed by atoms with E-state index < -0.39 is 18.2 Å². The molecule has 3 unspecified atom stereocenters. The van der Waals surface area contributed by atoms with Crippen LogP contribution >= 0.6 is 0 Å². The van der Waals surface area contributed by atoms with E-state index >= 15 is 0 Å². The topological polar surface area (TPSA) is 95.9 Å². The molecule has 0 spiro atoms. The number of carbonyl (C=O) groups excluding carboxylic acids is 2. The molecule has 0 bridgehead atoms. The zero-order valence-corrected chi connectivity index (χ0v) is 45.2. The summed E-state index contributed by atoms with van der Waals surface area (Å²) in [6, 6.07) is -0.732. The van der Waals surface area contributed by atoms with Crippen LogP contribution in [-0.4, -0.2) is 46.9 Å². The molecule has 0 aliphatic rings. The van der Waals surface area contributed by atoms with Crippen LogP contribution in [-0.2, 0) is 14.3 Å². The van der Waals surface area contributed by atoms with Crippen LogP contribution in [0.5, 0.6) is 0 Å². The Morgan fingerprint density at radius 3 is 1.16 bits per heavy atom. The Balaban J connectivity index is 4.74. The lowest BCUT2D eigenvalue weighted by molar-refractivity contribution is -0.151. The number of hydrogen-bond acceptors (Lipinski definition) is 5. The number of rotatable bonds is 51. The molecule has 0 rings (SSSR count). The summed E-state index contributed by atoms with van der Waals surface area (Å²) in [5, 5.41) is 23.9. The first-order valence-corrected chi connectivity index (χ1v) is 29.0. The molecule has 6 heteroatoms. The molecule has 69 heavy (non-hydrogen) atoms. The molecule has 0 heterocycles. The van der Waals surface area contributed by atoms with Crippen molar-refractivity contribution in [3.8, 4) is 0 Å².